The predicted molar refractivity (Wildman–Crippen MR) is 81.0 cm³/mol. The zero-order chi connectivity index (χ0) is 12.6. The van der Waals surface area contributed by atoms with Crippen molar-refractivity contribution < 1.29 is 29.6 Å². The first-order valence-corrected chi connectivity index (χ1v) is 7.38. The molecule has 0 heterocycles. The van der Waals surface area contributed by atoms with E-state index in [1.54, 1.807) is 0 Å². The van der Waals surface area contributed by atoms with Gasteiger partial charge < -0.3 is 0 Å². The third kappa shape index (κ3) is 5.30. The van der Waals surface area contributed by atoms with Gasteiger partial charge in [-0.1, -0.05) is 81.5 Å². The first-order valence-electron chi connectivity index (χ1n) is 7.38. The van der Waals surface area contributed by atoms with Gasteiger partial charge in [0, 0.05) is 0 Å². The minimum absolute atomic E-state index is 0. The Kier molecular flexibility index (Phi) is 8.45. The standard InChI is InChI=1S/C18H24.Na/c1-2-3-4-5-6-7-11-16-13-10-14-17-12-8-9-15-18(16)17;/h8-10,12-15H,2-7,11H2,1H3;/q;+1. The van der Waals surface area contributed by atoms with E-state index in [0.717, 1.165) is 0 Å². The Labute approximate surface area is 139 Å². The van der Waals surface area contributed by atoms with Crippen LogP contribution in [-0.2, 0) is 6.42 Å². The smallest absolute Gasteiger partial charge is 0.0654 e. The number of benzene rings is 2. The van der Waals surface area contributed by atoms with E-state index < -0.39 is 0 Å². The first kappa shape index (κ1) is 16.8. The van der Waals surface area contributed by atoms with Gasteiger partial charge in [-0.3, -0.25) is 0 Å². The average Bonchev–Trinajstić information content (AvgIpc) is 2.43. The fourth-order valence-corrected chi connectivity index (χ4v) is 2.61. The Balaban J connectivity index is 0.00000180. The van der Waals surface area contributed by atoms with E-state index >= 15 is 0 Å². The van der Waals surface area contributed by atoms with Crippen LogP contribution in [0, 0.1) is 0 Å². The second kappa shape index (κ2) is 9.58. The molecule has 0 N–H and O–H groups in total. The zero-order valence-electron chi connectivity index (χ0n) is 12.5. The van der Waals surface area contributed by atoms with Gasteiger partial charge >= 0.3 is 29.6 Å². The molecular weight excluding hydrogens is 239 g/mol. The zero-order valence-corrected chi connectivity index (χ0v) is 14.5. The number of aryl methyl sites for hydroxylation is 1. The summed E-state index contributed by atoms with van der Waals surface area (Å²) in [6, 6.07) is 15.4. The maximum absolute atomic E-state index is 2.29. The summed E-state index contributed by atoms with van der Waals surface area (Å²) in [7, 11) is 0. The van der Waals surface area contributed by atoms with Crippen LogP contribution in [0.2, 0.25) is 0 Å². The van der Waals surface area contributed by atoms with E-state index in [1.807, 2.05) is 0 Å². The van der Waals surface area contributed by atoms with Crippen LogP contribution in [0.25, 0.3) is 10.8 Å². The Bertz CT molecular complexity index is 471. The molecule has 0 atom stereocenters. The quantitative estimate of drug-likeness (QED) is 0.532. The molecule has 0 saturated heterocycles. The summed E-state index contributed by atoms with van der Waals surface area (Å²) < 4.78 is 0. The van der Waals surface area contributed by atoms with E-state index in [4.69, 9.17) is 0 Å². The van der Waals surface area contributed by atoms with Crippen molar-refractivity contribution in [3.05, 3.63) is 48.0 Å². The van der Waals surface area contributed by atoms with Crippen molar-refractivity contribution in [1.82, 2.24) is 0 Å². The van der Waals surface area contributed by atoms with Crippen LogP contribution in [0.3, 0.4) is 0 Å². The molecule has 2 rings (SSSR count). The van der Waals surface area contributed by atoms with Gasteiger partial charge in [-0.25, -0.2) is 0 Å². The van der Waals surface area contributed by atoms with Crippen LogP contribution < -0.4 is 29.6 Å². The SMILES string of the molecule is CCCCCCCCc1cccc2ccccc12.[Na+]. The van der Waals surface area contributed by atoms with E-state index in [9.17, 15) is 0 Å². The molecular formula is C18H24Na+. The van der Waals surface area contributed by atoms with Crippen molar-refractivity contribution in [2.75, 3.05) is 0 Å². The van der Waals surface area contributed by atoms with Crippen molar-refractivity contribution in [1.29, 1.82) is 0 Å². The topological polar surface area (TPSA) is 0 Å². The van der Waals surface area contributed by atoms with E-state index in [-0.39, 0.29) is 29.6 Å². The second-order valence-corrected chi connectivity index (χ2v) is 5.16. The first-order chi connectivity index (χ1) is 8.92. The number of fused-ring (bicyclic) bond motifs is 1. The molecule has 96 valence electrons. The number of rotatable bonds is 7. The van der Waals surface area contributed by atoms with Gasteiger partial charge in [-0.15, -0.1) is 0 Å². The fourth-order valence-electron chi connectivity index (χ4n) is 2.61. The summed E-state index contributed by atoms with van der Waals surface area (Å²) in [5.41, 5.74) is 1.52. The van der Waals surface area contributed by atoms with Gasteiger partial charge in [0.1, 0.15) is 0 Å². The molecule has 0 spiro atoms. The Morgan fingerprint density at radius 1 is 0.737 bits per heavy atom. The molecule has 0 nitrogen and oxygen atoms in total. The maximum atomic E-state index is 2.29. The van der Waals surface area contributed by atoms with Crippen molar-refractivity contribution in [2.24, 2.45) is 0 Å². The molecule has 0 saturated carbocycles. The molecule has 0 aliphatic carbocycles. The molecule has 0 bridgehead atoms. The summed E-state index contributed by atoms with van der Waals surface area (Å²) >= 11 is 0. The third-order valence-corrected chi connectivity index (χ3v) is 3.68. The second-order valence-electron chi connectivity index (χ2n) is 5.16. The van der Waals surface area contributed by atoms with Crippen LogP contribution in [0.4, 0.5) is 0 Å². The number of hydrogen-bond donors (Lipinski definition) is 0. The van der Waals surface area contributed by atoms with Gasteiger partial charge in [0.25, 0.3) is 0 Å². The third-order valence-electron chi connectivity index (χ3n) is 3.68. The normalized spacial score (nSPS) is 10.4. The van der Waals surface area contributed by atoms with Gasteiger partial charge in [0.15, 0.2) is 0 Å². The molecule has 0 aromatic heterocycles. The van der Waals surface area contributed by atoms with Crippen molar-refractivity contribution >= 4 is 10.8 Å². The Morgan fingerprint density at radius 3 is 2.26 bits per heavy atom. The monoisotopic (exact) mass is 263 g/mol. The van der Waals surface area contributed by atoms with E-state index in [2.05, 4.69) is 49.4 Å². The van der Waals surface area contributed by atoms with Gasteiger partial charge in [0.05, 0.1) is 0 Å². The van der Waals surface area contributed by atoms with Gasteiger partial charge in [-0.05, 0) is 29.2 Å². The molecule has 0 radical (unpaired) electrons. The fraction of sp³-hybridized carbons (Fsp3) is 0.444. The van der Waals surface area contributed by atoms with Crippen molar-refractivity contribution in [3.63, 3.8) is 0 Å². The van der Waals surface area contributed by atoms with Crippen LogP contribution in [0.15, 0.2) is 42.5 Å². The molecule has 0 unspecified atom stereocenters. The minimum Gasteiger partial charge on any atom is -0.0654 e. The van der Waals surface area contributed by atoms with Gasteiger partial charge in [-0.2, -0.15) is 0 Å². The van der Waals surface area contributed by atoms with Crippen LogP contribution in [0.5, 0.6) is 0 Å². The van der Waals surface area contributed by atoms with E-state index in [1.165, 1.54) is 61.3 Å². The molecule has 0 aliphatic heterocycles. The number of hydrogen-bond acceptors (Lipinski definition) is 0. The predicted octanol–water partition coefficient (Wildman–Crippen LogP) is 2.75. The summed E-state index contributed by atoms with van der Waals surface area (Å²) in [6.45, 7) is 2.27. The molecule has 2 aromatic carbocycles. The Morgan fingerprint density at radius 2 is 1.42 bits per heavy atom. The molecule has 1 heteroatoms. The van der Waals surface area contributed by atoms with E-state index in [0.29, 0.717) is 0 Å². The van der Waals surface area contributed by atoms with Crippen molar-refractivity contribution in [3.8, 4) is 0 Å². The van der Waals surface area contributed by atoms with Crippen LogP contribution in [-0.4, -0.2) is 0 Å². The average molecular weight is 263 g/mol. The number of unbranched alkanes of at least 4 members (excludes halogenated alkanes) is 5. The maximum Gasteiger partial charge on any atom is 1.00 e. The molecule has 0 amide bonds. The van der Waals surface area contributed by atoms with Gasteiger partial charge in [0.2, 0.25) is 0 Å². The summed E-state index contributed by atoms with van der Waals surface area (Å²) in [6.07, 6.45) is 9.48. The van der Waals surface area contributed by atoms with Crippen LogP contribution >= 0.6 is 0 Å². The van der Waals surface area contributed by atoms with Crippen molar-refractivity contribution in [2.45, 2.75) is 51.9 Å². The summed E-state index contributed by atoms with van der Waals surface area (Å²) in [4.78, 5) is 0. The van der Waals surface area contributed by atoms with Crippen LogP contribution in [0.1, 0.15) is 51.0 Å². The molecule has 0 fully saturated rings. The minimum atomic E-state index is 0. The summed E-state index contributed by atoms with van der Waals surface area (Å²) in [5, 5.41) is 2.81. The molecule has 0 aliphatic rings. The Hall–Kier alpha value is -0.300. The summed E-state index contributed by atoms with van der Waals surface area (Å²) in [5.74, 6) is 0. The molecule has 2 aromatic rings. The molecule has 19 heavy (non-hydrogen) atoms. The largest absolute Gasteiger partial charge is 1.00 e.